The number of unbranched alkanes of at least 4 members (excludes halogenated alkanes) is 4. The van der Waals surface area contributed by atoms with Gasteiger partial charge in [0, 0.05) is 5.69 Å². The molecule has 0 aromatic heterocycles. The van der Waals surface area contributed by atoms with Gasteiger partial charge in [0.2, 0.25) is 5.91 Å². The molecule has 0 spiro atoms. The largest absolute Gasteiger partial charge is 0.336 e. The molecule has 3 amide bonds. The summed E-state index contributed by atoms with van der Waals surface area (Å²) in [7, 11) is 0. The summed E-state index contributed by atoms with van der Waals surface area (Å²) in [4.78, 5) is 29.5. The lowest BCUT2D eigenvalue weighted by Crippen LogP contribution is -2.57. The summed E-state index contributed by atoms with van der Waals surface area (Å²) in [6.07, 6.45) is 10.2. The molecule has 30 heavy (non-hydrogen) atoms. The first-order valence-electron chi connectivity index (χ1n) is 11.0. The average molecular weight is 405 g/mol. The van der Waals surface area contributed by atoms with Crippen LogP contribution >= 0.6 is 0 Å². The van der Waals surface area contributed by atoms with Crippen LogP contribution < -0.4 is 9.80 Å². The number of hydrogen-bond donors (Lipinski definition) is 0. The van der Waals surface area contributed by atoms with Crippen molar-refractivity contribution >= 4 is 23.3 Å². The minimum Gasteiger partial charge on any atom is -0.286 e. The number of rotatable bonds is 8. The lowest BCUT2D eigenvalue weighted by molar-refractivity contribution is -0.118. The van der Waals surface area contributed by atoms with Crippen LogP contribution in [0.5, 0.6) is 0 Å². The highest BCUT2D eigenvalue weighted by Crippen LogP contribution is 2.30. The first-order valence-corrected chi connectivity index (χ1v) is 11.0. The minimum atomic E-state index is -0.292. The van der Waals surface area contributed by atoms with Gasteiger partial charge in [-0.1, -0.05) is 73.7 Å². The van der Waals surface area contributed by atoms with Crippen LogP contribution in [0.3, 0.4) is 0 Å². The number of allylic oxidation sites excluding steroid dienone is 1. The van der Waals surface area contributed by atoms with Crippen molar-refractivity contribution in [1.29, 1.82) is 0 Å². The molecule has 0 saturated carbocycles. The zero-order chi connectivity index (χ0) is 21.5. The van der Waals surface area contributed by atoms with Crippen LogP contribution in [0.4, 0.5) is 16.2 Å². The van der Waals surface area contributed by atoms with E-state index in [1.807, 2.05) is 68.5 Å². The van der Waals surface area contributed by atoms with Crippen LogP contribution in [0.1, 0.15) is 56.6 Å². The third kappa shape index (κ3) is 5.18. The Hall–Kier alpha value is -2.88. The molecular formula is C26H32N2O2. The summed E-state index contributed by atoms with van der Waals surface area (Å²) in [5.74, 6) is -0.159. The Labute approximate surface area is 180 Å². The number of anilines is 2. The Kier molecular flexibility index (Phi) is 7.45. The van der Waals surface area contributed by atoms with E-state index >= 15 is 0 Å². The maximum atomic E-state index is 13.5. The summed E-state index contributed by atoms with van der Waals surface area (Å²) in [5, 5.41) is 0. The van der Waals surface area contributed by atoms with Crippen molar-refractivity contribution in [1.82, 2.24) is 0 Å². The van der Waals surface area contributed by atoms with E-state index in [-0.39, 0.29) is 24.4 Å². The first kappa shape index (κ1) is 21.8. The Morgan fingerprint density at radius 3 is 2.07 bits per heavy atom. The van der Waals surface area contributed by atoms with E-state index in [1.54, 1.807) is 4.90 Å². The number of amides is 3. The molecule has 0 radical (unpaired) electrons. The number of carbonyl (C=O) groups excluding carboxylic acids is 2. The van der Waals surface area contributed by atoms with Crippen LogP contribution in [-0.2, 0) is 4.79 Å². The Morgan fingerprint density at radius 2 is 1.47 bits per heavy atom. The van der Waals surface area contributed by atoms with Gasteiger partial charge < -0.3 is 0 Å². The van der Waals surface area contributed by atoms with Gasteiger partial charge in [-0.3, -0.25) is 9.69 Å². The number of nitrogens with zero attached hydrogens (tertiary/aromatic N) is 2. The highest BCUT2D eigenvalue weighted by Gasteiger charge is 2.39. The summed E-state index contributed by atoms with van der Waals surface area (Å²) in [6, 6.07) is 14.9. The average Bonchev–Trinajstić information content (AvgIpc) is 2.73. The lowest BCUT2D eigenvalue weighted by atomic mass is 10.0. The van der Waals surface area contributed by atoms with Crippen molar-refractivity contribution in [3.63, 3.8) is 0 Å². The standard InChI is InChI=1S/C26H32N2O2/c1-4-5-6-7-8-9-10-24-19-25(29)28(23-17-13-21(3)14-18-23)26(30)27(24)22-15-11-20(2)12-16-22/h9-18,24H,4-8,19H2,1-3H3/b10-9+. The van der Waals surface area contributed by atoms with Gasteiger partial charge in [-0.25, -0.2) is 9.69 Å². The molecule has 1 fully saturated rings. The molecule has 4 nitrogen and oxygen atoms in total. The van der Waals surface area contributed by atoms with Crippen LogP contribution in [0, 0.1) is 13.8 Å². The maximum absolute atomic E-state index is 13.5. The molecule has 0 aliphatic carbocycles. The second-order valence-corrected chi connectivity index (χ2v) is 8.10. The van der Waals surface area contributed by atoms with E-state index < -0.39 is 0 Å². The predicted octanol–water partition coefficient (Wildman–Crippen LogP) is 6.56. The predicted molar refractivity (Wildman–Crippen MR) is 124 cm³/mol. The number of hydrogen-bond acceptors (Lipinski definition) is 2. The van der Waals surface area contributed by atoms with Gasteiger partial charge >= 0.3 is 6.03 Å². The third-order valence-electron chi connectivity index (χ3n) is 5.55. The molecule has 2 aromatic carbocycles. The summed E-state index contributed by atoms with van der Waals surface area (Å²) in [5.41, 5.74) is 3.66. The van der Waals surface area contributed by atoms with Crippen molar-refractivity contribution in [3.05, 3.63) is 71.8 Å². The fourth-order valence-electron chi connectivity index (χ4n) is 3.77. The molecule has 1 aliphatic rings. The van der Waals surface area contributed by atoms with Crippen LogP contribution in [-0.4, -0.2) is 18.0 Å². The first-order chi connectivity index (χ1) is 14.5. The van der Waals surface area contributed by atoms with Gasteiger partial charge in [0.15, 0.2) is 0 Å². The number of imide groups is 1. The Bertz CT molecular complexity index is 884. The zero-order valence-electron chi connectivity index (χ0n) is 18.3. The van der Waals surface area contributed by atoms with Gasteiger partial charge in [0.25, 0.3) is 0 Å². The molecule has 2 aromatic rings. The second kappa shape index (κ2) is 10.2. The third-order valence-corrected chi connectivity index (χ3v) is 5.55. The topological polar surface area (TPSA) is 40.6 Å². The molecule has 1 saturated heterocycles. The van der Waals surface area contributed by atoms with Crippen LogP contribution in [0.2, 0.25) is 0 Å². The quantitative estimate of drug-likeness (QED) is 0.369. The van der Waals surface area contributed by atoms with Crippen LogP contribution in [0.15, 0.2) is 60.7 Å². The van der Waals surface area contributed by atoms with E-state index in [1.165, 1.54) is 24.2 Å². The Morgan fingerprint density at radius 1 is 0.867 bits per heavy atom. The molecule has 1 atom stereocenters. The molecule has 1 unspecified atom stereocenters. The summed E-state index contributed by atoms with van der Waals surface area (Å²) in [6.45, 7) is 6.22. The van der Waals surface area contributed by atoms with Crippen molar-refractivity contribution < 1.29 is 9.59 Å². The Balaban J connectivity index is 1.86. The van der Waals surface area contributed by atoms with Gasteiger partial charge in [0.05, 0.1) is 18.2 Å². The highest BCUT2D eigenvalue weighted by molar-refractivity contribution is 6.22. The highest BCUT2D eigenvalue weighted by atomic mass is 16.2. The van der Waals surface area contributed by atoms with Crippen molar-refractivity contribution in [2.75, 3.05) is 9.80 Å². The van der Waals surface area contributed by atoms with E-state index in [4.69, 9.17) is 0 Å². The number of aryl methyl sites for hydroxylation is 2. The molecular weight excluding hydrogens is 372 g/mol. The molecule has 0 N–H and O–H groups in total. The zero-order valence-corrected chi connectivity index (χ0v) is 18.3. The van der Waals surface area contributed by atoms with E-state index in [2.05, 4.69) is 13.0 Å². The monoisotopic (exact) mass is 404 g/mol. The van der Waals surface area contributed by atoms with E-state index in [0.717, 1.165) is 29.7 Å². The molecule has 0 bridgehead atoms. The fraction of sp³-hybridized carbons (Fsp3) is 0.385. The minimum absolute atomic E-state index is 0.159. The van der Waals surface area contributed by atoms with Crippen LogP contribution in [0.25, 0.3) is 0 Å². The smallest absolute Gasteiger partial charge is 0.286 e. The molecule has 158 valence electrons. The van der Waals surface area contributed by atoms with Gasteiger partial charge in [-0.15, -0.1) is 0 Å². The fourth-order valence-corrected chi connectivity index (χ4v) is 3.77. The molecule has 1 aliphatic heterocycles. The number of urea groups is 1. The molecule has 3 rings (SSSR count). The maximum Gasteiger partial charge on any atom is 0.336 e. The van der Waals surface area contributed by atoms with Crippen molar-refractivity contribution in [2.24, 2.45) is 0 Å². The van der Waals surface area contributed by atoms with Crippen molar-refractivity contribution in [3.8, 4) is 0 Å². The van der Waals surface area contributed by atoms with Gasteiger partial charge in [-0.2, -0.15) is 0 Å². The number of carbonyl (C=O) groups is 2. The summed E-state index contributed by atoms with van der Waals surface area (Å²) < 4.78 is 0. The normalized spacial score (nSPS) is 17.2. The molecule has 4 heteroatoms. The SMILES string of the molecule is CCCCCC/C=C/C1CC(=O)N(c2ccc(C)cc2)C(=O)N1c1ccc(C)cc1. The van der Waals surface area contributed by atoms with Crippen molar-refractivity contribution in [2.45, 2.75) is 65.3 Å². The second-order valence-electron chi connectivity index (χ2n) is 8.10. The lowest BCUT2D eigenvalue weighted by Gasteiger charge is -2.39. The van der Waals surface area contributed by atoms with E-state index in [0.29, 0.717) is 5.69 Å². The van der Waals surface area contributed by atoms with Gasteiger partial charge in [-0.05, 0) is 51.0 Å². The number of benzene rings is 2. The summed E-state index contributed by atoms with van der Waals surface area (Å²) >= 11 is 0. The van der Waals surface area contributed by atoms with E-state index in [9.17, 15) is 9.59 Å². The molecule has 1 heterocycles. The van der Waals surface area contributed by atoms with Gasteiger partial charge in [0.1, 0.15) is 0 Å².